The average Bonchev–Trinajstić information content (AvgIpc) is 2.54. The first-order valence-corrected chi connectivity index (χ1v) is 7.41. The first-order chi connectivity index (χ1) is 10.3. The highest BCUT2D eigenvalue weighted by atomic mass is 15.2. The van der Waals surface area contributed by atoms with Crippen LogP contribution in [0.15, 0.2) is 36.9 Å². The van der Waals surface area contributed by atoms with Gasteiger partial charge in [-0.25, -0.2) is 4.98 Å². The summed E-state index contributed by atoms with van der Waals surface area (Å²) in [6.45, 7) is 4.85. The van der Waals surface area contributed by atoms with Crippen molar-refractivity contribution in [3.63, 3.8) is 0 Å². The predicted molar refractivity (Wildman–Crippen MR) is 85.2 cm³/mol. The third-order valence-corrected chi connectivity index (χ3v) is 3.30. The first kappa shape index (κ1) is 15.4. The molecule has 21 heavy (non-hydrogen) atoms. The van der Waals surface area contributed by atoms with Gasteiger partial charge in [-0.1, -0.05) is 6.92 Å². The molecule has 0 saturated carbocycles. The molecule has 0 unspecified atom stereocenters. The van der Waals surface area contributed by atoms with Crippen molar-refractivity contribution in [2.45, 2.75) is 26.3 Å². The van der Waals surface area contributed by atoms with E-state index in [9.17, 15) is 0 Å². The number of nitrogens with zero attached hydrogens (tertiary/aromatic N) is 4. The maximum Gasteiger partial charge on any atom is 0.146 e. The molecule has 0 atom stereocenters. The average molecular weight is 285 g/mol. The summed E-state index contributed by atoms with van der Waals surface area (Å²) in [7, 11) is 2.04. The largest absolute Gasteiger partial charge is 0.358 e. The number of hydrogen-bond acceptors (Lipinski definition) is 5. The van der Waals surface area contributed by atoms with Crippen LogP contribution in [0.25, 0.3) is 0 Å². The Kier molecular flexibility index (Phi) is 6.09. The Balaban J connectivity index is 1.83. The van der Waals surface area contributed by atoms with Gasteiger partial charge in [-0.05, 0) is 37.1 Å². The normalized spacial score (nSPS) is 10.6. The molecule has 0 spiro atoms. The molecule has 0 radical (unpaired) electrons. The molecule has 5 heteroatoms. The minimum Gasteiger partial charge on any atom is -0.358 e. The smallest absolute Gasteiger partial charge is 0.146 e. The molecule has 2 rings (SSSR count). The Morgan fingerprint density at radius 1 is 1.14 bits per heavy atom. The van der Waals surface area contributed by atoms with E-state index in [2.05, 4.69) is 32.1 Å². The lowest BCUT2D eigenvalue weighted by molar-refractivity contribution is 0.661. The molecular weight excluding hydrogens is 262 g/mol. The number of hydrogen-bond donors (Lipinski definition) is 1. The van der Waals surface area contributed by atoms with Gasteiger partial charge in [0.15, 0.2) is 0 Å². The molecule has 0 bridgehead atoms. The first-order valence-electron chi connectivity index (χ1n) is 7.41. The van der Waals surface area contributed by atoms with Crippen LogP contribution in [0.2, 0.25) is 0 Å². The van der Waals surface area contributed by atoms with Crippen molar-refractivity contribution in [1.29, 1.82) is 0 Å². The Morgan fingerprint density at radius 2 is 1.95 bits per heavy atom. The summed E-state index contributed by atoms with van der Waals surface area (Å²) in [4.78, 5) is 15.1. The van der Waals surface area contributed by atoms with Gasteiger partial charge in [0, 0.05) is 32.5 Å². The Morgan fingerprint density at radius 3 is 2.62 bits per heavy atom. The molecule has 1 N–H and O–H groups in total. The molecule has 0 saturated heterocycles. The summed E-state index contributed by atoms with van der Waals surface area (Å²) in [5, 5.41) is 3.32. The number of nitrogens with one attached hydrogen (secondary N) is 1. The zero-order valence-electron chi connectivity index (χ0n) is 12.8. The number of likely N-dealkylation sites (N-methyl/N-ethyl adjacent to an activating group) is 1. The standard InChI is InChI=1S/C16H23N5/c1-3-7-18-11-15-12-20-16(13-19-15)21(2)10-6-14-4-8-17-9-5-14/h4-5,8-9,12-13,18H,3,6-7,10-11H2,1-2H3. The summed E-state index contributed by atoms with van der Waals surface area (Å²) in [6, 6.07) is 4.09. The van der Waals surface area contributed by atoms with Crippen LogP contribution in [-0.4, -0.2) is 35.1 Å². The predicted octanol–water partition coefficient (Wildman–Crippen LogP) is 2.05. The second-order valence-electron chi connectivity index (χ2n) is 5.07. The van der Waals surface area contributed by atoms with Crippen LogP contribution in [-0.2, 0) is 13.0 Å². The number of rotatable bonds is 8. The fraction of sp³-hybridized carbons (Fsp3) is 0.438. The molecule has 112 valence electrons. The van der Waals surface area contributed by atoms with Gasteiger partial charge in [0.1, 0.15) is 5.82 Å². The Bertz CT molecular complexity index is 512. The number of aromatic nitrogens is 3. The highest BCUT2D eigenvalue weighted by Crippen LogP contribution is 2.08. The van der Waals surface area contributed by atoms with E-state index in [1.807, 2.05) is 44.0 Å². The molecule has 0 fully saturated rings. The van der Waals surface area contributed by atoms with Crippen molar-refractivity contribution >= 4 is 5.82 Å². The van der Waals surface area contributed by atoms with Crippen LogP contribution in [0, 0.1) is 0 Å². The van der Waals surface area contributed by atoms with Crippen LogP contribution in [0.3, 0.4) is 0 Å². The zero-order valence-corrected chi connectivity index (χ0v) is 12.8. The molecule has 2 aromatic rings. The molecule has 2 aromatic heterocycles. The zero-order chi connectivity index (χ0) is 14.9. The van der Waals surface area contributed by atoms with Gasteiger partial charge in [0.05, 0.1) is 18.1 Å². The topological polar surface area (TPSA) is 53.9 Å². The van der Waals surface area contributed by atoms with Crippen LogP contribution >= 0.6 is 0 Å². The molecule has 5 nitrogen and oxygen atoms in total. The van der Waals surface area contributed by atoms with Gasteiger partial charge in [-0.15, -0.1) is 0 Å². The Hall–Kier alpha value is -2.01. The minimum atomic E-state index is 0.780. The quantitative estimate of drug-likeness (QED) is 0.752. The van der Waals surface area contributed by atoms with Crippen molar-refractivity contribution in [2.24, 2.45) is 0 Å². The Labute approximate surface area is 126 Å². The van der Waals surface area contributed by atoms with Crippen LogP contribution in [0.1, 0.15) is 24.6 Å². The van der Waals surface area contributed by atoms with E-state index in [-0.39, 0.29) is 0 Å². The molecule has 0 aliphatic rings. The third kappa shape index (κ3) is 5.11. The highest BCUT2D eigenvalue weighted by Gasteiger charge is 2.04. The van der Waals surface area contributed by atoms with E-state index in [0.29, 0.717) is 0 Å². The summed E-state index contributed by atoms with van der Waals surface area (Å²) < 4.78 is 0. The van der Waals surface area contributed by atoms with E-state index >= 15 is 0 Å². The lowest BCUT2D eigenvalue weighted by atomic mass is 10.2. The van der Waals surface area contributed by atoms with Crippen LogP contribution in [0.5, 0.6) is 0 Å². The molecule has 0 amide bonds. The second kappa shape index (κ2) is 8.32. The van der Waals surface area contributed by atoms with Gasteiger partial charge < -0.3 is 10.2 Å². The van der Waals surface area contributed by atoms with Gasteiger partial charge in [0.25, 0.3) is 0 Å². The van der Waals surface area contributed by atoms with Crippen molar-refractivity contribution in [1.82, 2.24) is 20.3 Å². The summed E-state index contributed by atoms with van der Waals surface area (Å²) in [5.74, 6) is 0.906. The SMILES string of the molecule is CCCNCc1cnc(N(C)CCc2ccncc2)cn1. The second-order valence-corrected chi connectivity index (χ2v) is 5.07. The van der Waals surface area contributed by atoms with Gasteiger partial charge in [-0.2, -0.15) is 0 Å². The fourth-order valence-electron chi connectivity index (χ4n) is 1.99. The van der Waals surface area contributed by atoms with Crippen molar-refractivity contribution in [3.8, 4) is 0 Å². The summed E-state index contributed by atoms with van der Waals surface area (Å²) in [6.07, 6.45) is 9.45. The lowest BCUT2D eigenvalue weighted by Gasteiger charge is -2.17. The van der Waals surface area contributed by atoms with E-state index in [4.69, 9.17) is 0 Å². The van der Waals surface area contributed by atoms with Gasteiger partial charge in [-0.3, -0.25) is 9.97 Å². The van der Waals surface area contributed by atoms with E-state index in [0.717, 1.165) is 44.0 Å². The van der Waals surface area contributed by atoms with E-state index in [1.54, 1.807) is 0 Å². The van der Waals surface area contributed by atoms with Crippen molar-refractivity contribution < 1.29 is 0 Å². The van der Waals surface area contributed by atoms with Crippen LogP contribution < -0.4 is 10.2 Å². The number of anilines is 1. The van der Waals surface area contributed by atoms with Crippen LogP contribution in [0.4, 0.5) is 5.82 Å². The monoisotopic (exact) mass is 285 g/mol. The summed E-state index contributed by atoms with van der Waals surface area (Å²) >= 11 is 0. The maximum absolute atomic E-state index is 4.48. The molecular formula is C16H23N5. The minimum absolute atomic E-state index is 0.780. The molecule has 0 aliphatic carbocycles. The third-order valence-electron chi connectivity index (χ3n) is 3.30. The van der Waals surface area contributed by atoms with E-state index in [1.165, 1.54) is 5.56 Å². The van der Waals surface area contributed by atoms with Crippen molar-refractivity contribution in [2.75, 3.05) is 25.0 Å². The number of pyridine rings is 1. The molecule has 2 heterocycles. The molecule has 0 aliphatic heterocycles. The van der Waals surface area contributed by atoms with Crippen molar-refractivity contribution in [3.05, 3.63) is 48.2 Å². The lowest BCUT2D eigenvalue weighted by Crippen LogP contribution is -2.22. The fourth-order valence-corrected chi connectivity index (χ4v) is 1.99. The van der Waals surface area contributed by atoms with E-state index < -0.39 is 0 Å². The van der Waals surface area contributed by atoms with Gasteiger partial charge >= 0.3 is 0 Å². The maximum atomic E-state index is 4.48. The van der Waals surface area contributed by atoms with Gasteiger partial charge in [0.2, 0.25) is 0 Å². The summed E-state index contributed by atoms with van der Waals surface area (Å²) in [5.41, 5.74) is 2.26. The molecule has 0 aromatic carbocycles. The highest BCUT2D eigenvalue weighted by molar-refractivity contribution is 5.34.